The third-order valence-electron chi connectivity index (χ3n) is 4.49. The fourth-order valence-electron chi connectivity index (χ4n) is 3.02. The summed E-state index contributed by atoms with van der Waals surface area (Å²) in [4.78, 5) is 26.2. The molecule has 10 heteroatoms. The van der Waals surface area contributed by atoms with Gasteiger partial charge in [0.2, 0.25) is 0 Å². The fourth-order valence-corrected chi connectivity index (χ4v) is 3.74. The van der Waals surface area contributed by atoms with E-state index in [1.54, 1.807) is 11.8 Å². The van der Waals surface area contributed by atoms with Crippen LogP contribution in [0.15, 0.2) is 27.4 Å². The average Bonchev–Trinajstić information content (AvgIpc) is 3.36. The number of thiazole rings is 1. The lowest BCUT2D eigenvalue weighted by Gasteiger charge is -2.36. The molecule has 2 N–H and O–H groups in total. The van der Waals surface area contributed by atoms with Gasteiger partial charge in [-0.05, 0) is 13.8 Å². The Kier molecular flexibility index (Phi) is 7.38. The van der Waals surface area contributed by atoms with Gasteiger partial charge in [0.15, 0.2) is 5.96 Å². The number of aromatic nitrogens is 2. The van der Waals surface area contributed by atoms with Crippen molar-refractivity contribution in [2.24, 2.45) is 4.99 Å². The molecule has 0 bridgehead atoms. The van der Waals surface area contributed by atoms with Crippen molar-refractivity contribution >= 4 is 23.2 Å². The predicted molar refractivity (Wildman–Crippen MR) is 109 cm³/mol. The third kappa shape index (κ3) is 5.52. The van der Waals surface area contributed by atoms with Crippen LogP contribution in [0.1, 0.15) is 28.0 Å². The maximum absolute atomic E-state index is 12.1. The van der Waals surface area contributed by atoms with Gasteiger partial charge in [-0.3, -0.25) is 14.7 Å². The van der Waals surface area contributed by atoms with Crippen LogP contribution in [0.5, 0.6) is 0 Å². The number of nitrogens with zero attached hydrogens (tertiary/aromatic N) is 5. The highest BCUT2D eigenvalue weighted by molar-refractivity contribution is 7.11. The second-order valence-electron chi connectivity index (χ2n) is 6.51. The van der Waals surface area contributed by atoms with Crippen molar-refractivity contribution in [3.63, 3.8) is 0 Å². The zero-order chi connectivity index (χ0) is 19.8. The number of guanidine groups is 1. The van der Waals surface area contributed by atoms with Gasteiger partial charge in [-0.2, -0.15) is 0 Å². The Morgan fingerprint density at radius 1 is 1.32 bits per heavy atom. The summed E-state index contributed by atoms with van der Waals surface area (Å²) in [6.45, 7) is 10.2. The number of carbonyl (C=O) groups excluding carboxylic acids is 1. The van der Waals surface area contributed by atoms with E-state index in [2.05, 4.69) is 42.5 Å². The SMILES string of the molecule is CCNC(=NCCNC(=O)c1scnc1C)N1CCN(Cc2ccon2)CC1. The minimum Gasteiger partial charge on any atom is -0.364 e. The quantitative estimate of drug-likeness (QED) is 0.402. The normalized spacial score (nSPS) is 15.6. The van der Waals surface area contributed by atoms with Gasteiger partial charge in [-0.1, -0.05) is 5.16 Å². The van der Waals surface area contributed by atoms with Gasteiger partial charge in [0.1, 0.15) is 11.1 Å². The lowest BCUT2D eigenvalue weighted by molar-refractivity contribution is 0.0958. The standard InChI is InChI=1S/C18H27N7O2S/c1-3-19-18(21-6-5-20-17(26)16-14(2)22-13-28-16)25-9-7-24(8-10-25)12-15-4-11-27-23-15/h4,11,13H,3,5-10,12H2,1-2H3,(H,19,21)(H,20,26). The van der Waals surface area contributed by atoms with Gasteiger partial charge in [-0.15, -0.1) is 11.3 Å². The first-order chi connectivity index (χ1) is 13.7. The summed E-state index contributed by atoms with van der Waals surface area (Å²) < 4.78 is 4.90. The van der Waals surface area contributed by atoms with Crippen LogP contribution >= 0.6 is 11.3 Å². The largest absolute Gasteiger partial charge is 0.364 e. The number of aliphatic imine (C=N–C) groups is 1. The highest BCUT2D eigenvalue weighted by Gasteiger charge is 2.20. The molecule has 0 spiro atoms. The monoisotopic (exact) mass is 405 g/mol. The molecule has 1 aliphatic rings. The molecule has 0 aromatic carbocycles. The van der Waals surface area contributed by atoms with E-state index in [1.165, 1.54) is 11.3 Å². The average molecular weight is 406 g/mol. The predicted octanol–water partition coefficient (Wildman–Crippen LogP) is 0.953. The Labute approximate surface area is 168 Å². The van der Waals surface area contributed by atoms with Crippen LogP contribution in [0, 0.1) is 6.92 Å². The molecular formula is C18H27N7O2S. The zero-order valence-electron chi connectivity index (χ0n) is 16.3. The molecule has 0 radical (unpaired) electrons. The first-order valence-corrected chi connectivity index (χ1v) is 10.4. The molecular weight excluding hydrogens is 378 g/mol. The maximum Gasteiger partial charge on any atom is 0.263 e. The van der Waals surface area contributed by atoms with Gasteiger partial charge in [0, 0.05) is 51.9 Å². The molecule has 9 nitrogen and oxygen atoms in total. The summed E-state index contributed by atoms with van der Waals surface area (Å²) in [5, 5.41) is 10.2. The number of hydrogen-bond donors (Lipinski definition) is 2. The summed E-state index contributed by atoms with van der Waals surface area (Å²) in [5.41, 5.74) is 3.41. The van der Waals surface area contributed by atoms with E-state index in [0.717, 1.165) is 56.6 Å². The summed E-state index contributed by atoms with van der Waals surface area (Å²) in [6, 6.07) is 1.90. The van der Waals surface area contributed by atoms with Crippen molar-refractivity contribution in [1.82, 2.24) is 30.6 Å². The summed E-state index contributed by atoms with van der Waals surface area (Å²) in [7, 11) is 0. The zero-order valence-corrected chi connectivity index (χ0v) is 17.2. The number of amides is 1. The summed E-state index contributed by atoms with van der Waals surface area (Å²) >= 11 is 1.36. The van der Waals surface area contributed by atoms with Crippen molar-refractivity contribution in [1.29, 1.82) is 0 Å². The maximum atomic E-state index is 12.1. The van der Waals surface area contributed by atoms with Crippen molar-refractivity contribution in [2.75, 3.05) is 45.8 Å². The fraction of sp³-hybridized carbons (Fsp3) is 0.556. The number of piperazine rings is 1. The summed E-state index contributed by atoms with van der Waals surface area (Å²) in [6.07, 6.45) is 1.61. The number of rotatable bonds is 7. The van der Waals surface area contributed by atoms with Crippen molar-refractivity contribution in [2.45, 2.75) is 20.4 Å². The van der Waals surface area contributed by atoms with Crippen LogP contribution in [-0.4, -0.2) is 77.6 Å². The van der Waals surface area contributed by atoms with Gasteiger partial charge in [0.05, 0.1) is 23.4 Å². The Morgan fingerprint density at radius 3 is 2.79 bits per heavy atom. The van der Waals surface area contributed by atoms with Crippen LogP contribution in [0.4, 0.5) is 0 Å². The molecule has 3 heterocycles. The molecule has 0 aliphatic carbocycles. The second-order valence-corrected chi connectivity index (χ2v) is 7.37. The van der Waals surface area contributed by atoms with Gasteiger partial charge in [0.25, 0.3) is 5.91 Å². The molecule has 3 rings (SSSR count). The highest BCUT2D eigenvalue weighted by Crippen LogP contribution is 2.11. The van der Waals surface area contributed by atoms with Crippen molar-refractivity contribution in [3.05, 3.63) is 34.1 Å². The van der Waals surface area contributed by atoms with Crippen LogP contribution in [0.25, 0.3) is 0 Å². The molecule has 0 atom stereocenters. The van der Waals surface area contributed by atoms with Gasteiger partial charge < -0.3 is 20.1 Å². The van der Waals surface area contributed by atoms with Crippen LogP contribution in [-0.2, 0) is 6.54 Å². The Balaban J connectivity index is 1.45. The minimum absolute atomic E-state index is 0.0818. The molecule has 1 saturated heterocycles. The molecule has 2 aromatic rings. The van der Waals surface area contributed by atoms with E-state index >= 15 is 0 Å². The second kappa shape index (κ2) is 10.2. The Hall–Kier alpha value is -2.46. The van der Waals surface area contributed by atoms with E-state index in [-0.39, 0.29) is 5.91 Å². The van der Waals surface area contributed by atoms with Crippen LogP contribution in [0.3, 0.4) is 0 Å². The van der Waals surface area contributed by atoms with E-state index in [1.807, 2.05) is 13.0 Å². The molecule has 1 amide bonds. The van der Waals surface area contributed by atoms with Crippen LogP contribution in [0.2, 0.25) is 0 Å². The molecule has 1 fully saturated rings. The topological polar surface area (TPSA) is 98.9 Å². The molecule has 28 heavy (non-hydrogen) atoms. The molecule has 1 aliphatic heterocycles. The van der Waals surface area contributed by atoms with Crippen LogP contribution < -0.4 is 10.6 Å². The van der Waals surface area contributed by atoms with Gasteiger partial charge in [-0.25, -0.2) is 4.98 Å². The first-order valence-electron chi connectivity index (χ1n) is 9.50. The molecule has 2 aromatic heterocycles. The highest BCUT2D eigenvalue weighted by atomic mass is 32.1. The van der Waals surface area contributed by atoms with E-state index < -0.39 is 0 Å². The number of hydrogen-bond acceptors (Lipinski definition) is 7. The van der Waals surface area contributed by atoms with E-state index in [9.17, 15) is 4.79 Å². The Bertz CT molecular complexity index is 767. The van der Waals surface area contributed by atoms with E-state index in [4.69, 9.17) is 4.52 Å². The minimum atomic E-state index is -0.0818. The van der Waals surface area contributed by atoms with Crippen molar-refractivity contribution in [3.8, 4) is 0 Å². The number of carbonyl (C=O) groups is 1. The smallest absolute Gasteiger partial charge is 0.263 e. The van der Waals surface area contributed by atoms with E-state index in [0.29, 0.717) is 18.0 Å². The van der Waals surface area contributed by atoms with Gasteiger partial charge >= 0.3 is 0 Å². The van der Waals surface area contributed by atoms with Crippen molar-refractivity contribution < 1.29 is 9.32 Å². The summed E-state index contributed by atoms with van der Waals surface area (Å²) in [5.74, 6) is 0.813. The Morgan fingerprint density at radius 2 is 2.14 bits per heavy atom. The lowest BCUT2D eigenvalue weighted by atomic mass is 10.3. The molecule has 0 saturated carbocycles. The first kappa shape index (κ1) is 20.3. The number of aryl methyl sites for hydroxylation is 1. The molecule has 152 valence electrons. The molecule has 0 unspecified atom stereocenters. The number of nitrogens with one attached hydrogen (secondary N) is 2. The lowest BCUT2D eigenvalue weighted by Crippen LogP contribution is -2.52. The third-order valence-corrected chi connectivity index (χ3v) is 5.42.